The van der Waals surface area contributed by atoms with Crippen molar-refractivity contribution in [2.24, 2.45) is 11.8 Å². The van der Waals surface area contributed by atoms with Crippen molar-refractivity contribution in [1.29, 1.82) is 0 Å². The summed E-state index contributed by atoms with van der Waals surface area (Å²) in [4.78, 5) is 26.1. The lowest BCUT2D eigenvalue weighted by Gasteiger charge is -2.33. The fraction of sp³-hybridized carbons (Fsp3) is 0.412. The van der Waals surface area contributed by atoms with E-state index < -0.39 is 68.4 Å². The van der Waals surface area contributed by atoms with Crippen LogP contribution in [0.3, 0.4) is 0 Å². The Morgan fingerprint density at radius 2 is 1.35 bits per heavy atom. The van der Waals surface area contributed by atoms with Gasteiger partial charge in [-0.2, -0.15) is 26.3 Å². The van der Waals surface area contributed by atoms with E-state index in [1.54, 1.807) is 18.2 Å². The summed E-state index contributed by atoms with van der Waals surface area (Å²) in [5.74, 6) is -2.59. The molecule has 1 N–H and O–H groups in total. The first-order valence-electron chi connectivity index (χ1n) is 15.2. The fourth-order valence-corrected chi connectivity index (χ4v) is 8.86. The summed E-state index contributed by atoms with van der Waals surface area (Å²) >= 11 is 0. The van der Waals surface area contributed by atoms with Crippen LogP contribution in [0.1, 0.15) is 48.8 Å². The molecule has 2 fully saturated rings. The Morgan fingerprint density at radius 3 is 1.90 bits per heavy atom. The fourth-order valence-electron chi connectivity index (χ4n) is 6.73. The normalized spacial score (nSPS) is 22.5. The minimum absolute atomic E-state index is 0.103. The van der Waals surface area contributed by atoms with E-state index in [2.05, 4.69) is 0 Å². The quantitative estimate of drug-likeness (QED) is 0.255. The number of carboxylic acid groups (broad SMARTS) is 1. The van der Waals surface area contributed by atoms with Crippen LogP contribution in [-0.4, -0.2) is 55.7 Å². The topological polar surface area (TPSA) is 91.8 Å². The van der Waals surface area contributed by atoms with Gasteiger partial charge in [0.15, 0.2) is 9.84 Å². The molecule has 1 saturated heterocycles. The average molecular weight is 700 g/mol. The SMILES string of the molecule is Cc1ccc(-c2cccc(S(=O)(=O)C3(c4ccc(C(F)(C(F)(F)F)C(F)(F)F)cc4)CCN(C(=O)C4CCC(C(=O)O)CC4)C3)c2)cc1. The number of sulfone groups is 1. The molecule has 1 unspecified atom stereocenters. The highest BCUT2D eigenvalue weighted by atomic mass is 32.2. The number of nitrogens with zero attached hydrogens (tertiary/aromatic N) is 1. The van der Waals surface area contributed by atoms with Crippen molar-refractivity contribution in [3.05, 3.63) is 89.5 Å². The molecule has 1 heterocycles. The Hall–Kier alpha value is -3.94. The first-order valence-corrected chi connectivity index (χ1v) is 16.7. The molecule has 1 aliphatic carbocycles. The lowest BCUT2D eigenvalue weighted by Crippen LogP contribution is -2.50. The number of aryl methyl sites for hydroxylation is 1. The molecule has 1 aliphatic heterocycles. The van der Waals surface area contributed by atoms with E-state index in [-0.39, 0.29) is 61.2 Å². The molecule has 48 heavy (non-hydrogen) atoms. The number of amides is 1. The van der Waals surface area contributed by atoms with E-state index in [4.69, 9.17) is 0 Å². The number of benzene rings is 3. The van der Waals surface area contributed by atoms with Gasteiger partial charge in [0.25, 0.3) is 0 Å². The van der Waals surface area contributed by atoms with Gasteiger partial charge in [0.2, 0.25) is 5.91 Å². The van der Waals surface area contributed by atoms with Gasteiger partial charge in [-0.25, -0.2) is 12.8 Å². The molecule has 0 aromatic heterocycles. The van der Waals surface area contributed by atoms with Crippen molar-refractivity contribution < 1.29 is 53.8 Å². The highest BCUT2D eigenvalue weighted by Gasteiger charge is 2.73. The van der Waals surface area contributed by atoms with Gasteiger partial charge in [0.05, 0.1) is 10.8 Å². The van der Waals surface area contributed by atoms with Gasteiger partial charge in [-0.15, -0.1) is 0 Å². The van der Waals surface area contributed by atoms with Crippen molar-refractivity contribution in [2.75, 3.05) is 13.1 Å². The summed E-state index contributed by atoms with van der Waals surface area (Å²) in [6.45, 7) is 1.30. The Labute approximate surface area is 272 Å². The zero-order chi connectivity index (χ0) is 35.3. The third-order valence-corrected chi connectivity index (χ3v) is 12.1. The van der Waals surface area contributed by atoms with Crippen LogP contribution in [0.5, 0.6) is 0 Å². The van der Waals surface area contributed by atoms with Gasteiger partial charge in [0, 0.05) is 24.6 Å². The lowest BCUT2D eigenvalue weighted by molar-refractivity contribution is -0.348. The number of carbonyl (C=O) groups excluding carboxylic acids is 1. The smallest absolute Gasteiger partial charge is 0.435 e. The molecule has 0 bridgehead atoms. The Balaban J connectivity index is 1.57. The number of carbonyl (C=O) groups is 2. The van der Waals surface area contributed by atoms with Crippen LogP contribution >= 0.6 is 0 Å². The molecule has 14 heteroatoms. The van der Waals surface area contributed by atoms with Gasteiger partial charge in [-0.05, 0) is 67.9 Å². The van der Waals surface area contributed by atoms with Crippen LogP contribution < -0.4 is 0 Å². The van der Waals surface area contributed by atoms with Crippen LogP contribution in [0.2, 0.25) is 0 Å². The van der Waals surface area contributed by atoms with Gasteiger partial charge >= 0.3 is 24.0 Å². The molecule has 1 amide bonds. The van der Waals surface area contributed by atoms with Gasteiger partial charge < -0.3 is 10.0 Å². The summed E-state index contributed by atoms with van der Waals surface area (Å²) in [5.41, 5.74) is -5.50. The first kappa shape index (κ1) is 35.4. The third-order valence-electron chi connectivity index (χ3n) is 9.60. The van der Waals surface area contributed by atoms with E-state index in [1.807, 2.05) is 19.1 Å². The minimum atomic E-state index is -6.36. The zero-order valence-corrected chi connectivity index (χ0v) is 26.4. The summed E-state index contributed by atoms with van der Waals surface area (Å²) in [5, 5.41) is 9.32. The van der Waals surface area contributed by atoms with E-state index in [0.717, 1.165) is 17.7 Å². The molecular formula is C34H32F7NO5S. The maximum absolute atomic E-state index is 14.9. The number of hydrogen-bond donors (Lipinski definition) is 1. The second-order valence-electron chi connectivity index (χ2n) is 12.5. The van der Waals surface area contributed by atoms with E-state index in [0.29, 0.717) is 11.1 Å². The van der Waals surface area contributed by atoms with E-state index in [9.17, 15) is 53.8 Å². The molecule has 1 atom stereocenters. The standard InChI is InChI=1S/C34H32F7NO5S/c1-21-5-7-22(8-6-21)25-3-2-4-28(19-25)48(46,47)31(17-18-42(20-31)29(43)23-9-11-24(12-10-23)30(44)45)26-13-15-27(16-14-26)32(35,33(36,37)38)34(39,40)41/h2-8,13-16,19,23-24H,9-12,17-18,20H2,1H3,(H,44,45). The molecule has 6 nitrogen and oxygen atoms in total. The highest BCUT2D eigenvalue weighted by molar-refractivity contribution is 7.92. The average Bonchev–Trinajstić information content (AvgIpc) is 3.51. The predicted molar refractivity (Wildman–Crippen MR) is 161 cm³/mol. The van der Waals surface area contributed by atoms with Crippen molar-refractivity contribution in [3.63, 3.8) is 0 Å². The number of rotatable bonds is 7. The molecular weight excluding hydrogens is 667 g/mol. The van der Waals surface area contributed by atoms with Crippen LogP contribution in [-0.2, 0) is 29.8 Å². The second kappa shape index (κ2) is 12.5. The predicted octanol–water partition coefficient (Wildman–Crippen LogP) is 7.74. The van der Waals surface area contributed by atoms with Gasteiger partial charge in [-0.3, -0.25) is 9.59 Å². The maximum Gasteiger partial charge on any atom is 0.435 e. The summed E-state index contributed by atoms with van der Waals surface area (Å²) < 4.78 is 123. The number of alkyl halides is 7. The van der Waals surface area contributed by atoms with Gasteiger partial charge in [0.1, 0.15) is 4.75 Å². The van der Waals surface area contributed by atoms with Crippen molar-refractivity contribution in [2.45, 2.75) is 66.7 Å². The molecule has 258 valence electrons. The Morgan fingerprint density at radius 1 is 0.792 bits per heavy atom. The van der Waals surface area contributed by atoms with Gasteiger partial charge in [-0.1, -0.05) is 66.2 Å². The Kier molecular flexibility index (Phi) is 9.21. The third kappa shape index (κ3) is 6.07. The Bertz CT molecular complexity index is 1770. The number of halogens is 7. The van der Waals surface area contributed by atoms with E-state index >= 15 is 0 Å². The van der Waals surface area contributed by atoms with Crippen molar-refractivity contribution in [1.82, 2.24) is 4.90 Å². The number of aliphatic carboxylic acids is 1. The van der Waals surface area contributed by atoms with Crippen LogP contribution in [0.4, 0.5) is 30.7 Å². The molecule has 0 radical (unpaired) electrons. The molecule has 3 aromatic rings. The largest absolute Gasteiger partial charge is 0.481 e. The maximum atomic E-state index is 14.9. The van der Waals surface area contributed by atoms with Crippen molar-refractivity contribution in [3.8, 4) is 11.1 Å². The lowest BCUT2D eigenvalue weighted by atomic mass is 9.81. The highest BCUT2D eigenvalue weighted by Crippen LogP contribution is 2.54. The first-order chi connectivity index (χ1) is 22.3. The molecule has 1 saturated carbocycles. The minimum Gasteiger partial charge on any atom is -0.481 e. The molecule has 0 spiro atoms. The zero-order valence-electron chi connectivity index (χ0n) is 25.6. The molecule has 3 aromatic carbocycles. The van der Waals surface area contributed by atoms with Crippen molar-refractivity contribution >= 4 is 21.7 Å². The second-order valence-corrected chi connectivity index (χ2v) is 14.8. The molecule has 5 rings (SSSR count). The van der Waals surface area contributed by atoms with Crippen LogP contribution in [0.15, 0.2) is 77.7 Å². The number of carboxylic acids is 1. The van der Waals surface area contributed by atoms with Crippen LogP contribution in [0, 0.1) is 18.8 Å². The van der Waals surface area contributed by atoms with E-state index in [1.165, 1.54) is 23.1 Å². The summed E-state index contributed by atoms with van der Waals surface area (Å²) in [6, 6.07) is 15.2. The molecule has 2 aliphatic rings. The monoisotopic (exact) mass is 699 g/mol. The number of hydrogen-bond acceptors (Lipinski definition) is 4. The summed E-state index contributed by atoms with van der Waals surface area (Å²) in [6.07, 6.45) is -12.0. The van der Waals surface area contributed by atoms with Crippen LogP contribution in [0.25, 0.3) is 11.1 Å². The summed E-state index contributed by atoms with van der Waals surface area (Å²) in [7, 11) is -4.52. The number of likely N-dealkylation sites (tertiary alicyclic amines) is 1.